The minimum atomic E-state index is -0.285. The average Bonchev–Trinajstić information content (AvgIpc) is 3.22. The Kier molecular flexibility index (Phi) is 3.83. The van der Waals surface area contributed by atoms with Crippen molar-refractivity contribution in [2.75, 3.05) is 5.32 Å². The van der Waals surface area contributed by atoms with Crippen molar-refractivity contribution in [1.29, 1.82) is 0 Å². The zero-order chi connectivity index (χ0) is 15.6. The quantitative estimate of drug-likeness (QED) is 0.764. The van der Waals surface area contributed by atoms with Crippen molar-refractivity contribution >= 4 is 33.3 Å². The number of hydrogen-bond acceptors (Lipinski definition) is 5. The van der Waals surface area contributed by atoms with Crippen LogP contribution in [-0.4, -0.2) is 16.1 Å². The number of fused-ring (bicyclic) bond motifs is 1. The van der Waals surface area contributed by atoms with Gasteiger partial charge >= 0.3 is 0 Å². The molecule has 5 nitrogen and oxygen atoms in total. The van der Waals surface area contributed by atoms with E-state index in [0.29, 0.717) is 22.4 Å². The molecule has 3 aromatic rings. The summed E-state index contributed by atoms with van der Waals surface area (Å²) in [6, 6.07) is 9.31. The second-order valence-corrected chi connectivity index (χ2v) is 6.89. The zero-order valence-corrected chi connectivity index (χ0v) is 13.4. The number of amides is 1. The summed E-state index contributed by atoms with van der Waals surface area (Å²) >= 11 is 1.47. The van der Waals surface area contributed by atoms with Crippen molar-refractivity contribution in [3.8, 4) is 0 Å². The number of para-hydroxylation sites is 1. The Bertz CT molecular complexity index is 800. The number of benzene rings is 1. The summed E-state index contributed by atoms with van der Waals surface area (Å²) in [4.78, 5) is 12.3. The Balaban J connectivity index is 1.49. The first kappa shape index (κ1) is 14.4. The lowest BCUT2D eigenvalue weighted by atomic mass is 9.90. The van der Waals surface area contributed by atoms with E-state index >= 15 is 0 Å². The molecule has 1 N–H and O–H groups in total. The van der Waals surface area contributed by atoms with Crippen LogP contribution in [0, 0.1) is 0 Å². The van der Waals surface area contributed by atoms with E-state index in [0.717, 1.165) is 10.4 Å². The van der Waals surface area contributed by atoms with Crippen molar-refractivity contribution in [3.05, 3.63) is 41.1 Å². The largest absolute Gasteiger partial charge is 0.451 e. The highest BCUT2D eigenvalue weighted by atomic mass is 32.1. The van der Waals surface area contributed by atoms with E-state index in [1.165, 1.54) is 43.4 Å². The maximum atomic E-state index is 12.3. The highest BCUT2D eigenvalue weighted by molar-refractivity contribution is 7.15. The molecule has 1 aliphatic carbocycles. The van der Waals surface area contributed by atoms with E-state index in [-0.39, 0.29) is 5.91 Å². The predicted molar refractivity (Wildman–Crippen MR) is 89.9 cm³/mol. The lowest BCUT2D eigenvalue weighted by molar-refractivity contribution is 0.0998. The van der Waals surface area contributed by atoms with Crippen LogP contribution in [0.15, 0.2) is 34.7 Å². The van der Waals surface area contributed by atoms with Crippen molar-refractivity contribution in [2.24, 2.45) is 0 Å². The van der Waals surface area contributed by atoms with E-state index in [1.54, 1.807) is 6.07 Å². The number of nitrogens with one attached hydrogen (secondary N) is 1. The zero-order valence-electron chi connectivity index (χ0n) is 12.6. The van der Waals surface area contributed by atoms with Crippen molar-refractivity contribution < 1.29 is 9.21 Å². The topological polar surface area (TPSA) is 68.0 Å². The Hall–Kier alpha value is -2.21. The fraction of sp³-hybridized carbons (Fsp3) is 0.353. The number of hydrogen-bond donors (Lipinski definition) is 1. The lowest BCUT2D eigenvalue weighted by Crippen LogP contribution is -2.10. The molecule has 0 saturated heterocycles. The molecule has 6 heteroatoms. The third kappa shape index (κ3) is 2.99. The van der Waals surface area contributed by atoms with E-state index in [9.17, 15) is 4.79 Å². The first-order valence-corrected chi connectivity index (χ1v) is 8.74. The molecule has 1 aliphatic rings. The Morgan fingerprint density at radius 2 is 2.00 bits per heavy atom. The van der Waals surface area contributed by atoms with E-state index in [4.69, 9.17) is 4.42 Å². The van der Waals surface area contributed by atoms with Gasteiger partial charge in [0.05, 0.1) is 0 Å². The van der Waals surface area contributed by atoms with Gasteiger partial charge in [0.2, 0.25) is 5.13 Å². The van der Waals surface area contributed by atoms with E-state index < -0.39 is 0 Å². The monoisotopic (exact) mass is 327 g/mol. The first-order valence-electron chi connectivity index (χ1n) is 7.93. The molecule has 4 rings (SSSR count). The lowest BCUT2D eigenvalue weighted by Gasteiger charge is -2.18. The molecule has 2 heterocycles. The fourth-order valence-electron chi connectivity index (χ4n) is 3.05. The third-order valence-corrected chi connectivity index (χ3v) is 5.27. The molecule has 23 heavy (non-hydrogen) atoms. The number of rotatable bonds is 3. The molecule has 0 atom stereocenters. The fourth-order valence-corrected chi connectivity index (χ4v) is 3.96. The summed E-state index contributed by atoms with van der Waals surface area (Å²) in [7, 11) is 0. The highest BCUT2D eigenvalue weighted by Gasteiger charge is 2.21. The molecular weight excluding hydrogens is 310 g/mol. The molecule has 2 aromatic heterocycles. The number of nitrogens with zero attached hydrogens (tertiary/aromatic N) is 2. The van der Waals surface area contributed by atoms with E-state index in [2.05, 4.69) is 15.5 Å². The number of carbonyl (C=O) groups excluding carboxylic acids is 1. The second kappa shape index (κ2) is 6.12. The van der Waals surface area contributed by atoms with Gasteiger partial charge in [0.1, 0.15) is 10.6 Å². The van der Waals surface area contributed by atoms with Gasteiger partial charge in [0.15, 0.2) is 5.76 Å². The summed E-state index contributed by atoms with van der Waals surface area (Å²) in [6.07, 6.45) is 6.17. The normalized spacial score (nSPS) is 15.8. The molecule has 1 fully saturated rings. The summed E-state index contributed by atoms with van der Waals surface area (Å²) in [5.74, 6) is 0.506. The minimum Gasteiger partial charge on any atom is -0.451 e. The molecule has 118 valence electrons. The van der Waals surface area contributed by atoms with Gasteiger partial charge < -0.3 is 4.42 Å². The van der Waals surface area contributed by atoms with E-state index in [1.807, 2.05) is 24.3 Å². The van der Waals surface area contributed by atoms with Gasteiger partial charge in [-0.2, -0.15) is 0 Å². The van der Waals surface area contributed by atoms with Crippen LogP contribution in [0.4, 0.5) is 5.13 Å². The van der Waals surface area contributed by atoms with Gasteiger partial charge in [-0.05, 0) is 25.0 Å². The van der Waals surface area contributed by atoms with Crippen molar-refractivity contribution in [1.82, 2.24) is 10.2 Å². The van der Waals surface area contributed by atoms with Crippen LogP contribution in [0.1, 0.15) is 53.6 Å². The smallest absolute Gasteiger partial charge is 0.293 e. The highest BCUT2D eigenvalue weighted by Crippen LogP contribution is 2.35. The second-order valence-electron chi connectivity index (χ2n) is 5.88. The molecule has 0 unspecified atom stereocenters. The number of furan rings is 1. The number of carbonyl (C=O) groups is 1. The SMILES string of the molecule is O=C(Nc1nnc(C2CCCCC2)s1)c1cc2ccccc2o1. The summed E-state index contributed by atoms with van der Waals surface area (Å²) in [5.41, 5.74) is 0.706. The van der Waals surface area contributed by atoms with Crippen LogP contribution < -0.4 is 5.32 Å². The third-order valence-electron chi connectivity index (χ3n) is 4.26. The summed E-state index contributed by atoms with van der Waals surface area (Å²) in [5, 5.41) is 13.6. The summed E-state index contributed by atoms with van der Waals surface area (Å²) < 4.78 is 5.57. The van der Waals surface area contributed by atoms with Crippen LogP contribution >= 0.6 is 11.3 Å². The van der Waals surface area contributed by atoms with Crippen LogP contribution in [-0.2, 0) is 0 Å². The summed E-state index contributed by atoms with van der Waals surface area (Å²) in [6.45, 7) is 0. The predicted octanol–water partition coefficient (Wildman–Crippen LogP) is 4.58. The molecule has 0 aliphatic heterocycles. The van der Waals surface area contributed by atoms with Crippen LogP contribution in [0.3, 0.4) is 0 Å². The minimum absolute atomic E-state index is 0.285. The van der Waals surface area contributed by atoms with Gasteiger partial charge in [-0.3, -0.25) is 10.1 Å². The standard InChI is InChI=1S/C17H17N3O2S/c21-15(14-10-12-8-4-5-9-13(12)22-14)18-17-20-19-16(23-17)11-6-2-1-3-7-11/h4-5,8-11H,1-3,6-7H2,(H,18,20,21). The van der Waals surface area contributed by atoms with Gasteiger partial charge in [0, 0.05) is 11.3 Å². The molecule has 1 aromatic carbocycles. The van der Waals surface area contributed by atoms with Crippen LogP contribution in [0.2, 0.25) is 0 Å². The van der Waals surface area contributed by atoms with Crippen molar-refractivity contribution in [2.45, 2.75) is 38.0 Å². The van der Waals surface area contributed by atoms with Gasteiger partial charge in [0.25, 0.3) is 5.91 Å². The Labute approximate surface area is 137 Å². The first-order chi connectivity index (χ1) is 11.3. The molecule has 1 saturated carbocycles. The average molecular weight is 327 g/mol. The Morgan fingerprint density at radius 1 is 1.17 bits per heavy atom. The number of aromatic nitrogens is 2. The maximum Gasteiger partial charge on any atom is 0.293 e. The van der Waals surface area contributed by atoms with Crippen LogP contribution in [0.5, 0.6) is 0 Å². The van der Waals surface area contributed by atoms with Gasteiger partial charge in [-0.25, -0.2) is 0 Å². The van der Waals surface area contributed by atoms with Gasteiger partial charge in [-0.15, -0.1) is 10.2 Å². The molecule has 1 amide bonds. The molecule has 0 radical (unpaired) electrons. The molecule has 0 spiro atoms. The molecule has 0 bridgehead atoms. The molecular formula is C17H17N3O2S. The van der Waals surface area contributed by atoms with Crippen molar-refractivity contribution in [3.63, 3.8) is 0 Å². The maximum absolute atomic E-state index is 12.3. The van der Waals surface area contributed by atoms with Crippen LogP contribution in [0.25, 0.3) is 11.0 Å². The number of anilines is 1. The van der Waals surface area contributed by atoms with Gasteiger partial charge in [-0.1, -0.05) is 48.8 Å². The Morgan fingerprint density at radius 3 is 2.83 bits per heavy atom.